The molecule has 15 nitrogen and oxygen atoms in total. The summed E-state index contributed by atoms with van der Waals surface area (Å²) < 4.78 is 27.9. The Bertz CT molecular complexity index is 982. The van der Waals surface area contributed by atoms with Crippen molar-refractivity contribution in [2.75, 3.05) is 45.4 Å². The fourth-order valence-corrected chi connectivity index (χ4v) is 2.24. The molecule has 16 heteroatoms. The number of aromatic amines is 1. The van der Waals surface area contributed by atoms with Crippen molar-refractivity contribution in [1.29, 1.82) is 5.26 Å². The number of aromatic nitrogens is 1. The van der Waals surface area contributed by atoms with E-state index < -0.39 is 35.9 Å². The molecule has 0 fully saturated rings. The second-order valence-electron chi connectivity index (χ2n) is 6.73. The highest BCUT2D eigenvalue weighted by Crippen LogP contribution is 2.18. The average molecular weight is 623 g/mol. The Morgan fingerprint density at radius 3 is 1.69 bits per heavy atom. The largest absolute Gasteiger partial charge is 0.500 e. The lowest BCUT2D eigenvalue weighted by molar-refractivity contribution is -0.156. The molecule has 0 bridgehead atoms. The molecule has 0 saturated carbocycles. The quantitative estimate of drug-likeness (QED) is 0.0758. The maximum Gasteiger partial charge on any atom is 0.356 e. The second-order valence-corrected chi connectivity index (χ2v) is 6.73. The van der Waals surface area contributed by atoms with E-state index in [9.17, 15) is 24.0 Å². The molecule has 0 aliphatic heterocycles. The number of halogens is 1. The molecule has 0 spiro atoms. The number of carbonyl (C=O) groups excluding carboxylic acids is 5. The number of nitrogens with one attached hydrogen (secondary N) is 1. The van der Waals surface area contributed by atoms with Crippen molar-refractivity contribution in [2.45, 2.75) is 55.0 Å². The molecule has 0 saturated heterocycles. The summed E-state index contributed by atoms with van der Waals surface area (Å²) in [7, 11) is 0. The first kappa shape index (κ1) is 44.7. The Balaban J connectivity index is -0.000000256. The van der Waals surface area contributed by atoms with E-state index in [1.165, 1.54) is 6.20 Å². The first-order valence-corrected chi connectivity index (χ1v) is 12.3. The van der Waals surface area contributed by atoms with Crippen molar-refractivity contribution >= 4 is 47.9 Å². The molecule has 1 aromatic heterocycles. The number of anilines is 1. The third kappa shape index (κ3) is 17.4. The van der Waals surface area contributed by atoms with Crippen LogP contribution in [-0.4, -0.2) is 80.5 Å². The predicted octanol–water partition coefficient (Wildman–Crippen LogP) is 2.44. The summed E-state index contributed by atoms with van der Waals surface area (Å²) >= 11 is 0. The lowest BCUT2D eigenvalue weighted by Crippen LogP contribution is -2.41. The van der Waals surface area contributed by atoms with Gasteiger partial charge in [0.05, 0.1) is 45.3 Å². The van der Waals surface area contributed by atoms with Crippen molar-refractivity contribution in [3.05, 3.63) is 29.3 Å². The monoisotopic (exact) mass is 622 g/mol. The number of nitrogen functional groups attached to an aromatic ring is 1. The van der Waals surface area contributed by atoms with Crippen molar-refractivity contribution in [1.82, 2.24) is 4.98 Å². The fraction of sp³-hybridized carbons (Fsp3) is 0.538. The molecule has 1 aromatic rings. The van der Waals surface area contributed by atoms with Gasteiger partial charge in [0.15, 0.2) is 5.57 Å². The van der Waals surface area contributed by atoms with E-state index in [1.54, 1.807) is 47.6 Å². The molecule has 0 amide bonds. The van der Waals surface area contributed by atoms with Crippen LogP contribution in [0, 0.1) is 11.3 Å². The normalized spacial score (nSPS) is 9.45. The van der Waals surface area contributed by atoms with Crippen molar-refractivity contribution in [2.24, 2.45) is 5.73 Å². The van der Waals surface area contributed by atoms with Crippen LogP contribution in [-0.2, 0) is 42.8 Å². The third-order valence-corrected chi connectivity index (χ3v) is 3.96. The molecule has 240 valence electrons. The second kappa shape index (κ2) is 26.9. The number of ether oxygens (including phenoxy) is 6. The topological polar surface area (TPSA) is 232 Å². The molecular weight excluding hydrogens is 580 g/mol. The van der Waals surface area contributed by atoms with Crippen molar-refractivity contribution < 1.29 is 52.4 Å². The molecule has 0 aliphatic rings. The number of carbonyl (C=O) groups is 5. The highest BCUT2D eigenvalue weighted by Gasteiger charge is 2.24. The summed E-state index contributed by atoms with van der Waals surface area (Å²) in [5, 5.41) is 8.45. The Kier molecular flexibility index (Phi) is 28.7. The molecule has 0 atom stereocenters. The SMILES string of the molecule is C.CCO/C=C(\C#N)C(=O)OCC.CCOC(=O)C(N)C(=O)OCC.CCOC(=O)c1c[nH]c(C(=O)OCC)c1N.Cl. The first-order chi connectivity index (χ1) is 19.0. The van der Waals surface area contributed by atoms with Gasteiger partial charge < -0.3 is 44.9 Å². The summed E-state index contributed by atoms with van der Waals surface area (Å²) in [6.45, 7) is 11.6. The number of hydrogen-bond donors (Lipinski definition) is 3. The Morgan fingerprint density at radius 2 is 1.29 bits per heavy atom. The van der Waals surface area contributed by atoms with Gasteiger partial charge in [-0.1, -0.05) is 7.43 Å². The first-order valence-electron chi connectivity index (χ1n) is 12.3. The molecular formula is C26H43ClN4O11. The number of nitrogens with two attached hydrogens (primary N) is 2. The van der Waals surface area contributed by atoms with Crippen LogP contribution in [0.15, 0.2) is 18.0 Å². The highest BCUT2D eigenvalue weighted by atomic mass is 35.5. The number of nitriles is 1. The van der Waals surface area contributed by atoms with E-state index in [0.717, 1.165) is 6.26 Å². The zero-order valence-electron chi connectivity index (χ0n) is 24.0. The van der Waals surface area contributed by atoms with Crippen LogP contribution in [0.3, 0.4) is 0 Å². The lowest BCUT2D eigenvalue weighted by atomic mass is 10.2. The van der Waals surface area contributed by atoms with Gasteiger partial charge in [-0.3, -0.25) is 0 Å². The summed E-state index contributed by atoms with van der Waals surface area (Å²) in [6.07, 6.45) is 2.44. The third-order valence-electron chi connectivity index (χ3n) is 3.96. The number of H-pyrrole nitrogens is 1. The zero-order chi connectivity index (χ0) is 31.1. The summed E-state index contributed by atoms with van der Waals surface area (Å²) in [5.41, 5.74) is 11.0. The van der Waals surface area contributed by atoms with Gasteiger partial charge in [-0.05, 0) is 41.5 Å². The van der Waals surface area contributed by atoms with Crippen LogP contribution >= 0.6 is 12.4 Å². The zero-order valence-corrected chi connectivity index (χ0v) is 24.8. The molecule has 0 radical (unpaired) electrons. The highest BCUT2D eigenvalue weighted by molar-refractivity contribution is 6.03. The Hall–Kier alpha value is -4.29. The van der Waals surface area contributed by atoms with E-state index >= 15 is 0 Å². The van der Waals surface area contributed by atoms with Gasteiger partial charge in [-0.2, -0.15) is 5.26 Å². The fourth-order valence-electron chi connectivity index (χ4n) is 2.24. The Labute approximate surface area is 252 Å². The van der Waals surface area contributed by atoms with Gasteiger partial charge in [0, 0.05) is 6.20 Å². The number of hydrogen-bond acceptors (Lipinski definition) is 14. The summed E-state index contributed by atoms with van der Waals surface area (Å²) in [5.74, 6) is -3.30. The predicted molar refractivity (Wildman–Crippen MR) is 154 cm³/mol. The molecule has 1 rings (SSSR count). The van der Waals surface area contributed by atoms with E-state index in [0.29, 0.717) is 6.61 Å². The van der Waals surface area contributed by atoms with Crippen LogP contribution in [0.2, 0.25) is 0 Å². The van der Waals surface area contributed by atoms with Gasteiger partial charge in [0.1, 0.15) is 23.6 Å². The molecule has 42 heavy (non-hydrogen) atoms. The summed E-state index contributed by atoms with van der Waals surface area (Å²) in [6, 6.07) is 0.368. The van der Waals surface area contributed by atoms with Crippen LogP contribution in [0.1, 0.15) is 69.8 Å². The van der Waals surface area contributed by atoms with E-state index in [1.807, 2.05) is 0 Å². The van der Waals surface area contributed by atoms with Gasteiger partial charge >= 0.3 is 29.8 Å². The standard InChI is InChI=1S/C10H14N2O4.C8H11NO3.C7H13NO4.CH4.ClH/c1-3-15-9(13)6-5-12-8(7(6)11)10(14)16-4-2;1-3-11-6-7(5-9)8(10)12-4-2;1-3-11-6(9)5(8)7(10)12-4-2;;/h5,12H,3-4,11H2,1-2H3;6H,3-4H2,1-2H3;5H,3-4,8H2,1-2H3;1H4;1H/b;7-6+;;;. The molecule has 0 aromatic carbocycles. The van der Waals surface area contributed by atoms with Crippen molar-refractivity contribution in [3.63, 3.8) is 0 Å². The van der Waals surface area contributed by atoms with E-state index in [2.05, 4.69) is 19.2 Å². The number of nitrogens with zero attached hydrogens (tertiary/aromatic N) is 1. The maximum absolute atomic E-state index is 11.4. The number of rotatable bonds is 12. The Morgan fingerprint density at radius 1 is 0.833 bits per heavy atom. The van der Waals surface area contributed by atoms with Crippen LogP contribution in [0.4, 0.5) is 5.69 Å². The number of esters is 5. The van der Waals surface area contributed by atoms with E-state index in [-0.39, 0.29) is 75.4 Å². The average Bonchev–Trinajstić information content (AvgIpc) is 3.31. The van der Waals surface area contributed by atoms with E-state index in [4.69, 9.17) is 30.9 Å². The van der Waals surface area contributed by atoms with Gasteiger partial charge in [-0.15, -0.1) is 12.4 Å². The van der Waals surface area contributed by atoms with Gasteiger partial charge in [-0.25, -0.2) is 24.0 Å². The molecule has 5 N–H and O–H groups in total. The maximum atomic E-state index is 11.4. The minimum absolute atomic E-state index is 0. The smallest absolute Gasteiger partial charge is 0.356 e. The van der Waals surface area contributed by atoms with Crippen molar-refractivity contribution in [3.8, 4) is 6.07 Å². The summed E-state index contributed by atoms with van der Waals surface area (Å²) in [4.78, 5) is 57.9. The van der Waals surface area contributed by atoms with Crippen LogP contribution < -0.4 is 11.5 Å². The molecule has 0 aliphatic carbocycles. The van der Waals surface area contributed by atoms with Crippen LogP contribution in [0.5, 0.6) is 0 Å². The lowest BCUT2D eigenvalue weighted by Gasteiger charge is -2.08. The van der Waals surface area contributed by atoms with Gasteiger partial charge in [0.25, 0.3) is 0 Å². The minimum atomic E-state index is -1.31. The molecule has 1 heterocycles. The minimum Gasteiger partial charge on any atom is -0.500 e. The molecule has 0 unspecified atom stereocenters. The van der Waals surface area contributed by atoms with Gasteiger partial charge in [0.2, 0.25) is 6.04 Å². The van der Waals surface area contributed by atoms with Crippen LogP contribution in [0.25, 0.3) is 0 Å².